The van der Waals surface area contributed by atoms with Crippen molar-refractivity contribution in [3.8, 4) is 0 Å². The molecule has 0 radical (unpaired) electrons. The monoisotopic (exact) mass is 375 g/mol. The number of carbonyl (C=O) groups excluding carboxylic acids is 1. The number of nitrogens with one attached hydrogen (secondary N) is 1. The molecule has 2 rings (SSSR count). The van der Waals surface area contributed by atoms with Crippen LogP contribution in [-0.4, -0.2) is 21.4 Å². The molecule has 0 saturated heterocycles. The molecule has 118 valence electrons. The predicted molar refractivity (Wildman–Crippen MR) is 93.0 cm³/mol. The number of hydrogen-bond acceptors (Lipinski definition) is 5. The molecule has 8 heteroatoms. The van der Waals surface area contributed by atoms with Crippen LogP contribution in [0.4, 0.5) is 0 Å². The van der Waals surface area contributed by atoms with Crippen molar-refractivity contribution in [3.63, 3.8) is 0 Å². The summed E-state index contributed by atoms with van der Waals surface area (Å²) in [6.45, 7) is 5.61. The van der Waals surface area contributed by atoms with Gasteiger partial charge in [-0.2, -0.15) is 0 Å². The van der Waals surface area contributed by atoms with Gasteiger partial charge in [-0.15, -0.1) is 10.2 Å². The zero-order valence-electron chi connectivity index (χ0n) is 12.3. The van der Waals surface area contributed by atoms with Crippen LogP contribution in [0.3, 0.4) is 0 Å². The number of amides is 1. The summed E-state index contributed by atoms with van der Waals surface area (Å²) in [4.78, 5) is 12.3. The zero-order chi connectivity index (χ0) is 16.3. The van der Waals surface area contributed by atoms with Crippen molar-refractivity contribution in [2.24, 2.45) is 0 Å². The second kappa shape index (κ2) is 7.64. The highest BCUT2D eigenvalue weighted by Gasteiger charge is 2.20. The molecule has 22 heavy (non-hydrogen) atoms. The minimum Gasteiger partial charge on any atom is -0.349 e. The zero-order valence-corrected chi connectivity index (χ0v) is 15.4. The second-order valence-electron chi connectivity index (χ2n) is 4.74. The summed E-state index contributed by atoms with van der Waals surface area (Å²) in [5, 5.41) is 12.6. The van der Waals surface area contributed by atoms with Crippen LogP contribution in [-0.2, 0) is 4.79 Å². The maximum Gasteiger partial charge on any atom is 0.233 e. The van der Waals surface area contributed by atoms with Crippen molar-refractivity contribution < 1.29 is 4.79 Å². The molecule has 0 unspecified atom stereocenters. The maximum absolute atomic E-state index is 12.3. The van der Waals surface area contributed by atoms with E-state index in [1.807, 2.05) is 26.8 Å². The number of nitrogens with zero attached hydrogens (tertiary/aromatic N) is 2. The molecule has 0 aliphatic carbocycles. The molecule has 0 aliphatic rings. The summed E-state index contributed by atoms with van der Waals surface area (Å²) in [7, 11) is 0. The third-order valence-corrected chi connectivity index (χ3v) is 5.53. The molecule has 1 aromatic carbocycles. The number of halogens is 2. The Balaban J connectivity index is 1.98. The Labute approximate surface area is 147 Å². The Kier molecular flexibility index (Phi) is 6.09. The van der Waals surface area contributed by atoms with Gasteiger partial charge in [-0.25, -0.2) is 0 Å². The summed E-state index contributed by atoms with van der Waals surface area (Å²) in [5.74, 6) is -0.0728. The highest BCUT2D eigenvalue weighted by Crippen LogP contribution is 2.28. The van der Waals surface area contributed by atoms with Gasteiger partial charge in [0.15, 0.2) is 4.34 Å². The second-order valence-corrected chi connectivity index (χ2v) is 8.36. The van der Waals surface area contributed by atoms with Gasteiger partial charge in [0.05, 0.1) is 11.3 Å². The smallest absolute Gasteiger partial charge is 0.233 e. The van der Waals surface area contributed by atoms with E-state index in [1.165, 1.54) is 23.1 Å². The highest BCUT2D eigenvalue weighted by atomic mass is 35.5. The van der Waals surface area contributed by atoms with E-state index in [-0.39, 0.29) is 17.2 Å². The van der Waals surface area contributed by atoms with Crippen LogP contribution in [0.15, 0.2) is 22.5 Å². The van der Waals surface area contributed by atoms with Gasteiger partial charge < -0.3 is 5.32 Å². The van der Waals surface area contributed by atoms with Crippen molar-refractivity contribution >= 4 is 52.2 Å². The fourth-order valence-corrected chi connectivity index (χ4v) is 4.33. The van der Waals surface area contributed by atoms with E-state index in [9.17, 15) is 4.79 Å². The van der Waals surface area contributed by atoms with Gasteiger partial charge in [0, 0.05) is 10.0 Å². The number of benzene rings is 1. The summed E-state index contributed by atoms with van der Waals surface area (Å²) >= 11 is 14.9. The van der Waals surface area contributed by atoms with Gasteiger partial charge in [-0.1, -0.05) is 52.4 Å². The SMILES string of the molecule is Cc1nnc(S[C@H](C)C(=O)N[C@@H](C)c2ccc(Cl)cc2Cl)s1. The van der Waals surface area contributed by atoms with Gasteiger partial charge in [-0.3, -0.25) is 4.79 Å². The summed E-state index contributed by atoms with van der Waals surface area (Å²) in [6.07, 6.45) is 0. The minimum absolute atomic E-state index is 0.0728. The Hall–Kier alpha value is -0.820. The van der Waals surface area contributed by atoms with Crippen LogP contribution < -0.4 is 5.32 Å². The molecule has 0 saturated carbocycles. The van der Waals surface area contributed by atoms with E-state index in [2.05, 4.69) is 15.5 Å². The Morgan fingerprint density at radius 1 is 1.32 bits per heavy atom. The first-order valence-electron chi connectivity index (χ1n) is 6.59. The fourth-order valence-electron chi connectivity index (χ4n) is 1.79. The van der Waals surface area contributed by atoms with Crippen LogP contribution >= 0.6 is 46.3 Å². The van der Waals surface area contributed by atoms with E-state index in [0.717, 1.165) is 14.9 Å². The minimum atomic E-state index is -0.263. The summed E-state index contributed by atoms with van der Waals surface area (Å²) < 4.78 is 0.789. The molecule has 1 N–H and O–H groups in total. The van der Waals surface area contributed by atoms with Crippen LogP contribution in [0.5, 0.6) is 0 Å². The molecule has 1 heterocycles. The van der Waals surface area contributed by atoms with Gasteiger partial charge in [0.1, 0.15) is 5.01 Å². The van der Waals surface area contributed by atoms with Gasteiger partial charge >= 0.3 is 0 Å². The molecule has 2 aromatic rings. The fraction of sp³-hybridized carbons (Fsp3) is 0.357. The number of aromatic nitrogens is 2. The molecule has 1 aromatic heterocycles. The van der Waals surface area contributed by atoms with Gasteiger partial charge in [-0.05, 0) is 38.5 Å². The molecular weight excluding hydrogens is 361 g/mol. The Morgan fingerprint density at radius 3 is 2.64 bits per heavy atom. The van der Waals surface area contributed by atoms with E-state index in [0.29, 0.717) is 10.0 Å². The quantitative estimate of drug-likeness (QED) is 0.780. The van der Waals surface area contributed by atoms with E-state index in [1.54, 1.807) is 12.1 Å². The number of thioether (sulfide) groups is 1. The molecule has 1 amide bonds. The first-order valence-corrected chi connectivity index (χ1v) is 9.04. The Bertz CT molecular complexity index is 678. The molecule has 0 fully saturated rings. The average molecular weight is 376 g/mol. The van der Waals surface area contributed by atoms with Crippen molar-refractivity contribution in [2.75, 3.05) is 0 Å². The number of aryl methyl sites for hydroxylation is 1. The maximum atomic E-state index is 12.3. The largest absolute Gasteiger partial charge is 0.349 e. The molecule has 0 spiro atoms. The normalized spacial score (nSPS) is 13.7. The first-order chi connectivity index (χ1) is 10.4. The van der Waals surface area contributed by atoms with E-state index < -0.39 is 0 Å². The lowest BCUT2D eigenvalue weighted by atomic mass is 10.1. The van der Waals surface area contributed by atoms with Crippen LogP contribution in [0.25, 0.3) is 0 Å². The van der Waals surface area contributed by atoms with Crippen molar-refractivity contribution in [3.05, 3.63) is 38.8 Å². The molecule has 2 atom stereocenters. The van der Waals surface area contributed by atoms with Crippen molar-refractivity contribution in [2.45, 2.75) is 36.4 Å². The van der Waals surface area contributed by atoms with Crippen LogP contribution in [0, 0.1) is 6.92 Å². The first kappa shape index (κ1) is 17.5. The third-order valence-electron chi connectivity index (χ3n) is 2.94. The predicted octanol–water partition coefficient (Wildman–Crippen LogP) is 4.51. The van der Waals surface area contributed by atoms with E-state index in [4.69, 9.17) is 23.2 Å². The van der Waals surface area contributed by atoms with E-state index >= 15 is 0 Å². The average Bonchev–Trinajstić information content (AvgIpc) is 2.83. The lowest BCUT2D eigenvalue weighted by Gasteiger charge is -2.18. The molecular formula is C14H15Cl2N3OS2. The standard InChI is InChI=1S/C14H15Cl2N3OS2/c1-7(11-5-4-10(15)6-12(11)16)17-13(20)8(2)21-14-19-18-9(3)22-14/h4-8H,1-3H3,(H,17,20)/t7-,8+/m0/s1. The topological polar surface area (TPSA) is 54.9 Å². The lowest BCUT2D eigenvalue weighted by molar-refractivity contribution is -0.120. The number of hydrogen-bond donors (Lipinski definition) is 1. The number of rotatable bonds is 5. The molecule has 0 aliphatic heterocycles. The third kappa shape index (κ3) is 4.59. The summed E-state index contributed by atoms with van der Waals surface area (Å²) in [5.41, 5.74) is 0.836. The van der Waals surface area contributed by atoms with Gasteiger partial charge in [0.25, 0.3) is 0 Å². The van der Waals surface area contributed by atoms with Crippen molar-refractivity contribution in [1.29, 1.82) is 0 Å². The van der Waals surface area contributed by atoms with Crippen LogP contribution in [0.1, 0.15) is 30.5 Å². The van der Waals surface area contributed by atoms with Crippen molar-refractivity contribution in [1.82, 2.24) is 15.5 Å². The number of carbonyl (C=O) groups is 1. The lowest BCUT2D eigenvalue weighted by Crippen LogP contribution is -2.33. The highest BCUT2D eigenvalue weighted by molar-refractivity contribution is 8.02. The summed E-state index contributed by atoms with van der Waals surface area (Å²) in [6, 6.07) is 5.05. The molecule has 0 bridgehead atoms. The van der Waals surface area contributed by atoms with Crippen LogP contribution in [0.2, 0.25) is 10.0 Å². The Morgan fingerprint density at radius 2 is 2.05 bits per heavy atom. The van der Waals surface area contributed by atoms with Gasteiger partial charge in [0.2, 0.25) is 5.91 Å². The molecule has 4 nitrogen and oxygen atoms in total.